The Morgan fingerprint density at radius 3 is 1.69 bits per heavy atom. The molecule has 0 aliphatic carbocycles. The molecule has 4 heterocycles. The van der Waals surface area contributed by atoms with Crippen LogP contribution in [-0.2, 0) is 11.2 Å². The van der Waals surface area contributed by atoms with Gasteiger partial charge in [-0.15, -0.1) is 0 Å². The second-order valence-electron chi connectivity index (χ2n) is 16.9. The minimum absolute atomic E-state index is 0.0972. The molecule has 1 aromatic rings. The van der Waals surface area contributed by atoms with Crippen LogP contribution < -0.4 is 9.80 Å². The van der Waals surface area contributed by atoms with Crippen LogP contribution in [0.5, 0.6) is 0 Å². The Bertz CT molecular complexity index is 1060. The highest BCUT2D eigenvalue weighted by atomic mass is 16.5. The monoisotopic (exact) mass is 629 g/mol. The van der Waals surface area contributed by atoms with Crippen LogP contribution in [0.3, 0.4) is 0 Å². The van der Waals surface area contributed by atoms with E-state index in [2.05, 4.69) is 108 Å². The Hall–Kier alpha value is -1.55. The fourth-order valence-electron chi connectivity index (χ4n) is 8.38. The maximum atomic E-state index is 5.63. The van der Waals surface area contributed by atoms with E-state index in [4.69, 9.17) is 19.7 Å². The van der Waals surface area contributed by atoms with Gasteiger partial charge in [-0.05, 0) is 122 Å². The maximum Gasteiger partial charge on any atom is 0.230 e. The third-order valence-electron chi connectivity index (χ3n) is 11.8. The molecule has 3 aliphatic heterocycles. The second-order valence-corrected chi connectivity index (χ2v) is 16.9. The average Bonchev–Trinajstić information content (AvgIpc) is 2.97. The Morgan fingerprint density at radius 1 is 0.689 bits per heavy atom. The summed E-state index contributed by atoms with van der Waals surface area (Å²) in [5.74, 6) is 2.58. The summed E-state index contributed by atoms with van der Waals surface area (Å²) in [5, 5.41) is 0. The first-order valence-corrected chi connectivity index (χ1v) is 18.0. The number of piperidine rings is 2. The van der Waals surface area contributed by atoms with Gasteiger partial charge in [0.15, 0.2) is 0 Å². The second kappa shape index (κ2) is 14.3. The molecule has 4 rings (SSSR count). The zero-order valence-corrected chi connectivity index (χ0v) is 31.2. The molecule has 0 N–H and O–H groups in total. The van der Waals surface area contributed by atoms with Crippen molar-refractivity contribution >= 4 is 11.9 Å². The molecule has 0 unspecified atom stereocenters. The van der Waals surface area contributed by atoms with Gasteiger partial charge >= 0.3 is 0 Å². The standard InChI is InChI=1S/C36H68N8O/c1-13-30-37-31(43-20-22-45-23-21-43)39-32(38-30)44(29-26-35(6,7)42(12)36(8,9)27-29)19-17-15-14-16-18-40(10)28-24-33(2,3)41(11)34(4,5)25-28/h28-29H,13-27H2,1-12H3. The number of morpholine rings is 1. The zero-order valence-electron chi connectivity index (χ0n) is 31.2. The van der Waals surface area contributed by atoms with Gasteiger partial charge in [0.25, 0.3) is 0 Å². The number of hydrogen-bond acceptors (Lipinski definition) is 9. The molecular formula is C36H68N8O. The Labute approximate surface area is 276 Å². The molecule has 1 aromatic heterocycles. The van der Waals surface area contributed by atoms with Crippen molar-refractivity contribution in [2.45, 2.75) is 154 Å². The molecule has 0 spiro atoms. The first-order chi connectivity index (χ1) is 21.0. The van der Waals surface area contributed by atoms with Gasteiger partial charge in [0.05, 0.1) is 13.2 Å². The van der Waals surface area contributed by atoms with Crippen LogP contribution >= 0.6 is 0 Å². The lowest BCUT2D eigenvalue weighted by Gasteiger charge is -2.55. The predicted molar refractivity (Wildman–Crippen MR) is 189 cm³/mol. The highest BCUT2D eigenvalue weighted by Gasteiger charge is 2.46. The quantitative estimate of drug-likeness (QED) is 0.265. The van der Waals surface area contributed by atoms with Crippen LogP contribution in [0.25, 0.3) is 0 Å². The first kappa shape index (κ1) is 36.3. The molecule has 3 saturated heterocycles. The lowest BCUT2D eigenvalue weighted by molar-refractivity contribution is -0.0426. The molecule has 3 aliphatic rings. The fourth-order valence-corrected chi connectivity index (χ4v) is 8.38. The van der Waals surface area contributed by atoms with E-state index in [1.54, 1.807) is 0 Å². The molecule has 0 bridgehead atoms. The van der Waals surface area contributed by atoms with Crippen LogP contribution in [0, 0.1) is 0 Å². The predicted octanol–water partition coefficient (Wildman–Crippen LogP) is 5.87. The number of aromatic nitrogens is 3. The molecule has 9 nitrogen and oxygen atoms in total. The topological polar surface area (TPSA) is 64.1 Å². The van der Waals surface area contributed by atoms with Crippen molar-refractivity contribution in [2.24, 2.45) is 0 Å². The maximum absolute atomic E-state index is 5.63. The van der Waals surface area contributed by atoms with E-state index in [-0.39, 0.29) is 22.2 Å². The molecule has 258 valence electrons. The van der Waals surface area contributed by atoms with Gasteiger partial charge in [-0.2, -0.15) is 15.0 Å². The number of nitrogens with zero attached hydrogens (tertiary/aromatic N) is 8. The van der Waals surface area contributed by atoms with Crippen molar-refractivity contribution in [1.82, 2.24) is 29.7 Å². The van der Waals surface area contributed by atoms with E-state index < -0.39 is 0 Å². The summed E-state index contributed by atoms with van der Waals surface area (Å²) in [6.45, 7) is 26.7. The number of ether oxygens (including phenoxy) is 1. The first-order valence-electron chi connectivity index (χ1n) is 18.0. The molecule has 0 aromatic carbocycles. The molecule has 0 saturated carbocycles. The van der Waals surface area contributed by atoms with Gasteiger partial charge in [-0.1, -0.05) is 19.8 Å². The Kier molecular flexibility index (Phi) is 11.5. The Balaban J connectivity index is 1.42. The summed E-state index contributed by atoms with van der Waals surface area (Å²) in [4.78, 5) is 27.8. The summed E-state index contributed by atoms with van der Waals surface area (Å²) in [7, 11) is 6.95. The number of anilines is 2. The van der Waals surface area contributed by atoms with Crippen LogP contribution in [0.2, 0.25) is 0 Å². The molecule has 0 atom stereocenters. The van der Waals surface area contributed by atoms with Crippen molar-refractivity contribution < 1.29 is 4.74 Å². The van der Waals surface area contributed by atoms with Crippen molar-refractivity contribution in [2.75, 3.05) is 70.3 Å². The van der Waals surface area contributed by atoms with Gasteiger partial charge in [-0.3, -0.25) is 9.80 Å². The summed E-state index contributed by atoms with van der Waals surface area (Å²) in [5.41, 5.74) is 0.658. The summed E-state index contributed by atoms with van der Waals surface area (Å²) < 4.78 is 5.63. The molecule has 3 fully saturated rings. The molecule has 0 radical (unpaired) electrons. The summed E-state index contributed by atoms with van der Waals surface area (Å²) in [6, 6.07) is 1.04. The van der Waals surface area contributed by atoms with E-state index in [1.807, 2.05) is 0 Å². The molecule has 45 heavy (non-hydrogen) atoms. The van der Waals surface area contributed by atoms with Gasteiger partial charge in [0.2, 0.25) is 11.9 Å². The molecule has 9 heteroatoms. The van der Waals surface area contributed by atoms with E-state index >= 15 is 0 Å². The molecule has 0 amide bonds. The van der Waals surface area contributed by atoms with E-state index in [0.717, 1.165) is 76.3 Å². The smallest absolute Gasteiger partial charge is 0.230 e. The highest BCUT2D eigenvalue weighted by molar-refractivity contribution is 5.41. The minimum atomic E-state index is 0.0972. The number of rotatable bonds is 12. The van der Waals surface area contributed by atoms with Crippen molar-refractivity contribution in [3.63, 3.8) is 0 Å². The van der Waals surface area contributed by atoms with Gasteiger partial charge in [0.1, 0.15) is 5.82 Å². The van der Waals surface area contributed by atoms with E-state index in [9.17, 15) is 0 Å². The Morgan fingerprint density at radius 2 is 1.18 bits per heavy atom. The normalized spacial score (nSPS) is 24.3. The van der Waals surface area contributed by atoms with Gasteiger partial charge < -0.3 is 19.4 Å². The lowest BCUT2D eigenvalue weighted by atomic mass is 9.77. The summed E-state index contributed by atoms with van der Waals surface area (Å²) in [6.07, 6.45) is 10.4. The third-order valence-corrected chi connectivity index (χ3v) is 11.8. The zero-order chi connectivity index (χ0) is 33.2. The van der Waals surface area contributed by atoms with Crippen LogP contribution in [0.4, 0.5) is 11.9 Å². The van der Waals surface area contributed by atoms with Crippen LogP contribution in [0.1, 0.15) is 120 Å². The summed E-state index contributed by atoms with van der Waals surface area (Å²) >= 11 is 0. The fraction of sp³-hybridized carbons (Fsp3) is 0.917. The number of likely N-dealkylation sites (tertiary alicyclic amines) is 2. The third kappa shape index (κ3) is 8.68. The number of hydrogen-bond donors (Lipinski definition) is 0. The number of aryl methyl sites for hydroxylation is 1. The average molecular weight is 629 g/mol. The van der Waals surface area contributed by atoms with E-state index in [0.29, 0.717) is 12.1 Å². The molecular weight excluding hydrogens is 560 g/mol. The van der Waals surface area contributed by atoms with Crippen LogP contribution in [0.15, 0.2) is 0 Å². The lowest BCUT2D eigenvalue weighted by Crippen LogP contribution is -2.63. The van der Waals surface area contributed by atoms with Crippen molar-refractivity contribution in [3.8, 4) is 0 Å². The van der Waals surface area contributed by atoms with Gasteiger partial charge in [-0.25, -0.2) is 0 Å². The van der Waals surface area contributed by atoms with Crippen LogP contribution in [-0.4, -0.2) is 124 Å². The van der Waals surface area contributed by atoms with Gasteiger partial charge in [0, 0.05) is 60.3 Å². The van der Waals surface area contributed by atoms with Crippen molar-refractivity contribution in [1.29, 1.82) is 0 Å². The SMILES string of the molecule is CCc1nc(N2CCOCC2)nc(N(CCCCCCN(C)C2CC(C)(C)N(C)C(C)(C)C2)C2CC(C)(C)N(C)C(C)(C)C2)n1. The highest BCUT2D eigenvalue weighted by Crippen LogP contribution is 2.41. The minimum Gasteiger partial charge on any atom is -0.378 e. The van der Waals surface area contributed by atoms with E-state index in [1.165, 1.54) is 38.6 Å². The largest absolute Gasteiger partial charge is 0.378 e. The number of unbranched alkanes of at least 4 members (excludes halogenated alkanes) is 3. The van der Waals surface area contributed by atoms with Crippen molar-refractivity contribution in [3.05, 3.63) is 5.82 Å².